The highest BCUT2D eigenvalue weighted by Gasteiger charge is 2.12. The van der Waals surface area contributed by atoms with Crippen molar-refractivity contribution in [3.8, 4) is 11.3 Å². The second-order valence-corrected chi connectivity index (χ2v) is 12.4. The van der Waals surface area contributed by atoms with Gasteiger partial charge < -0.3 is 9.30 Å². The van der Waals surface area contributed by atoms with Crippen molar-refractivity contribution in [2.75, 3.05) is 6.61 Å². The summed E-state index contributed by atoms with van der Waals surface area (Å²) in [5.74, 6) is 0. The Morgan fingerprint density at radius 3 is 2.55 bits per heavy atom. The monoisotopic (exact) mass is 352 g/mol. The van der Waals surface area contributed by atoms with Crippen LogP contribution in [0.2, 0.25) is 25.7 Å². The molecule has 0 spiro atoms. The largest absolute Gasteiger partial charge is 0.361 e. The van der Waals surface area contributed by atoms with Gasteiger partial charge in [-0.25, -0.2) is 4.98 Å². The molecule has 0 N–H and O–H groups in total. The summed E-state index contributed by atoms with van der Waals surface area (Å²) in [6.45, 7) is 8.44. The zero-order chi connectivity index (χ0) is 14.6. The van der Waals surface area contributed by atoms with E-state index in [9.17, 15) is 0 Å². The molecule has 0 saturated carbocycles. The number of halogens is 1. The standard InChI is InChI=1S/C15H21BrN2OSi/c1-20(2,3)10-9-19-12-18-11-14(17-15(18)16)13-7-5-4-6-8-13/h4-8,11H,9-10,12H2,1-3H3. The van der Waals surface area contributed by atoms with Gasteiger partial charge in [-0.15, -0.1) is 0 Å². The maximum Gasteiger partial charge on any atom is 0.179 e. The maximum atomic E-state index is 5.75. The Bertz CT molecular complexity index is 549. The first-order valence-electron chi connectivity index (χ1n) is 6.81. The van der Waals surface area contributed by atoms with E-state index in [2.05, 4.69) is 52.7 Å². The number of ether oxygens (including phenoxy) is 1. The molecule has 2 aromatic rings. The van der Waals surface area contributed by atoms with E-state index in [4.69, 9.17) is 4.74 Å². The Balaban J connectivity index is 1.95. The predicted octanol–water partition coefficient (Wildman–Crippen LogP) is 4.62. The van der Waals surface area contributed by atoms with Crippen LogP contribution < -0.4 is 0 Å². The van der Waals surface area contributed by atoms with Crippen molar-refractivity contribution >= 4 is 24.0 Å². The van der Waals surface area contributed by atoms with E-state index >= 15 is 0 Å². The number of hydrogen-bond acceptors (Lipinski definition) is 2. The van der Waals surface area contributed by atoms with Gasteiger partial charge in [0.1, 0.15) is 6.73 Å². The second-order valence-electron chi connectivity index (χ2n) is 6.08. The van der Waals surface area contributed by atoms with Crippen molar-refractivity contribution < 1.29 is 4.74 Å². The number of nitrogens with zero attached hydrogens (tertiary/aromatic N) is 2. The Labute approximate surface area is 130 Å². The summed E-state index contributed by atoms with van der Waals surface area (Å²) in [6, 6.07) is 11.4. The van der Waals surface area contributed by atoms with Crippen molar-refractivity contribution in [2.45, 2.75) is 32.4 Å². The zero-order valence-corrected chi connectivity index (χ0v) is 14.9. The third-order valence-electron chi connectivity index (χ3n) is 3.02. The molecule has 0 unspecified atom stereocenters. The van der Waals surface area contributed by atoms with Crippen LogP contribution in [0.15, 0.2) is 41.3 Å². The Morgan fingerprint density at radius 1 is 1.20 bits per heavy atom. The lowest BCUT2D eigenvalue weighted by atomic mass is 10.2. The molecule has 1 aromatic carbocycles. The van der Waals surface area contributed by atoms with E-state index in [1.807, 2.05) is 29.0 Å². The van der Waals surface area contributed by atoms with Crippen LogP contribution in [-0.4, -0.2) is 24.2 Å². The zero-order valence-electron chi connectivity index (χ0n) is 12.3. The SMILES string of the molecule is C[Si](C)(C)CCOCn1cc(-c2ccccc2)nc1Br. The van der Waals surface area contributed by atoms with E-state index < -0.39 is 8.07 Å². The van der Waals surface area contributed by atoms with Crippen LogP contribution in [0.5, 0.6) is 0 Å². The number of aromatic nitrogens is 2. The fourth-order valence-electron chi connectivity index (χ4n) is 1.77. The molecule has 2 rings (SSSR count). The summed E-state index contributed by atoms with van der Waals surface area (Å²) < 4.78 is 8.56. The number of rotatable bonds is 6. The Hall–Kier alpha value is -0.913. The number of imidazole rings is 1. The molecule has 0 bridgehead atoms. The summed E-state index contributed by atoms with van der Waals surface area (Å²) in [5.41, 5.74) is 2.08. The maximum absolute atomic E-state index is 5.75. The molecule has 5 heteroatoms. The third kappa shape index (κ3) is 4.58. The highest BCUT2D eigenvalue weighted by atomic mass is 79.9. The molecular weight excluding hydrogens is 332 g/mol. The molecule has 0 radical (unpaired) electrons. The van der Waals surface area contributed by atoms with Gasteiger partial charge in [-0.05, 0) is 22.0 Å². The summed E-state index contributed by atoms with van der Waals surface area (Å²) in [6.07, 6.45) is 2.02. The van der Waals surface area contributed by atoms with E-state index in [-0.39, 0.29) is 0 Å². The quantitative estimate of drug-likeness (QED) is 0.559. The van der Waals surface area contributed by atoms with Gasteiger partial charge in [-0.3, -0.25) is 0 Å². The van der Waals surface area contributed by atoms with Gasteiger partial charge in [0.25, 0.3) is 0 Å². The second kappa shape index (κ2) is 6.69. The third-order valence-corrected chi connectivity index (χ3v) is 5.36. The molecule has 0 aliphatic rings. The molecule has 0 amide bonds. The lowest BCUT2D eigenvalue weighted by Gasteiger charge is -2.15. The van der Waals surface area contributed by atoms with Crippen LogP contribution >= 0.6 is 15.9 Å². The van der Waals surface area contributed by atoms with Crippen molar-refractivity contribution in [1.29, 1.82) is 0 Å². The lowest BCUT2D eigenvalue weighted by molar-refractivity contribution is 0.0856. The number of benzene rings is 1. The van der Waals surface area contributed by atoms with Crippen molar-refractivity contribution in [3.63, 3.8) is 0 Å². The molecule has 1 heterocycles. The molecule has 0 fully saturated rings. The molecule has 0 aliphatic carbocycles. The lowest BCUT2D eigenvalue weighted by Crippen LogP contribution is -2.22. The predicted molar refractivity (Wildman–Crippen MR) is 89.5 cm³/mol. The molecule has 1 aromatic heterocycles. The average molecular weight is 353 g/mol. The van der Waals surface area contributed by atoms with Gasteiger partial charge >= 0.3 is 0 Å². The summed E-state index contributed by atoms with van der Waals surface area (Å²) in [4.78, 5) is 4.52. The van der Waals surface area contributed by atoms with Crippen molar-refractivity contribution in [3.05, 3.63) is 41.3 Å². The Kier molecular flexibility index (Phi) is 5.18. The van der Waals surface area contributed by atoms with Gasteiger partial charge in [-0.2, -0.15) is 0 Å². The normalized spacial score (nSPS) is 11.8. The van der Waals surface area contributed by atoms with Gasteiger partial charge in [-0.1, -0.05) is 50.0 Å². The highest BCUT2D eigenvalue weighted by molar-refractivity contribution is 9.10. The smallest absolute Gasteiger partial charge is 0.179 e. The summed E-state index contributed by atoms with van der Waals surface area (Å²) >= 11 is 3.49. The van der Waals surface area contributed by atoms with Crippen LogP contribution in [0.25, 0.3) is 11.3 Å². The van der Waals surface area contributed by atoms with Crippen LogP contribution in [0.4, 0.5) is 0 Å². The van der Waals surface area contributed by atoms with Gasteiger partial charge in [0, 0.05) is 26.4 Å². The average Bonchev–Trinajstić information content (AvgIpc) is 2.76. The van der Waals surface area contributed by atoms with Crippen LogP contribution in [0.3, 0.4) is 0 Å². The van der Waals surface area contributed by atoms with E-state index in [1.54, 1.807) is 0 Å². The summed E-state index contributed by atoms with van der Waals surface area (Å²) in [7, 11) is -1.02. The van der Waals surface area contributed by atoms with Gasteiger partial charge in [0.15, 0.2) is 4.73 Å². The minimum atomic E-state index is -1.02. The fourth-order valence-corrected chi connectivity index (χ4v) is 2.93. The van der Waals surface area contributed by atoms with E-state index in [1.165, 1.54) is 6.04 Å². The van der Waals surface area contributed by atoms with Gasteiger partial charge in [0.05, 0.1) is 5.69 Å². The van der Waals surface area contributed by atoms with Crippen molar-refractivity contribution in [2.24, 2.45) is 0 Å². The van der Waals surface area contributed by atoms with Crippen LogP contribution in [0.1, 0.15) is 0 Å². The first-order valence-corrected chi connectivity index (χ1v) is 11.3. The first-order chi connectivity index (χ1) is 9.46. The molecule has 108 valence electrons. The molecule has 0 saturated heterocycles. The van der Waals surface area contributed by atoms with E-state index in [0.717, 1.165) is 22.6 Å². The van der Waals surface area contributed by atoms with Crippen LogP contribution in [-0.2, 0) is 11.5 Å². The Morgan fingerprint density at radius 2 is 1.90 bits per heavy atom. The van der Waals surface area contributed by atoms with Crippen molar-refractivity contribution in [1.82, 2.24) is 9.55 Å². The molecular formula is C15H21BrN2OSi. The molecule has 0 atom stereocenters. The molecule has 0 aliphatic heterocycles. The summed E-state index contributed by atoms with van der Waals surface area (Å²) in [5, 5.41) is 0. The number of hydrogen-bond donors (Lipinski definition) is 0. The van der Waals surface area contributed by atoms with Gasteiger partial charge in [0.2, 0.25) is 0 Å². The minimum absolute atomic E-state index is 0.547. The molecule has 20 heavy (non-hydrogen) atoms. The van der Waals surface area contributed by atoms with E-state index in [0.29, 0.717) is 6.73 Å². The minimum Gasteiger partial charge on any atom is -0.361 e. The fraction of sp³-hybridized carbons (Fsp3) is 0.400. The molecule has 3 nitrogen and oxygen atoms in total. The highest BCUT2D eigenvalue weighted by Crippen LogP contribution is 2.21. The first kappa shape index (κ1) is 15.5. The van der Waals surface area contributed by atoms with Crippen LogP contribution in [0, 0.1) is 0 Å². The topological polar surface area (TPSA) is 27.1 Å².